The highest BCUT2D eigenvalue weighted by molar-refractivity contribution is 6.19. The number of esters is 1. The van der Waals surface area contributed by atoms with E-state index in [1.807, 2.05) is 0 Å². The molecule has 0 fully saturated rings. The van der Waals surface area contributed by atoms with E-state index in [0.29, 0.717) is 0 Å². The number of hydrogen-bond donors (Lipinski definition) is 3. The van der Waals surface area contributed by atoms with Gasteiger partial charge in [0.1, 0.15) is 5.56 Å². The third-order valence-corrected chi connectivity index (χ3v) is 3.05. The molecule has 23 heavy (non-hydrogen) atoms. The lowest BCUT2D eigenvalue weighted by atomic mass is 9.96. The molecule has 0 atom stereocenters. The fourth-order valence-corrected chi connectivity index (χ4v) is 2.17. The minimum Gasteiger partial charge on any atom is -0.478 e. The van der Waals surface area contributed by atoms with E-state index in [0.717, 1.165) is 7.11 Å². The van der Waals surface area contributed by atoms with Gasteiger partial charge in [-0.1, -0.05) is 6.07 Å². The van der Waals surface area contributed by atoms with Crippen molar-refractivity contribution in [1.82, 2.24) is 4.98 Å². The van der Waals surface area contributed by atoms with Gasteiger partial charge in [-0.25, -0.2) is 24.2 Å². The van der Waals surface area contributed by atoms with Crippen LogP contribution in [-0.4, -0.2) is 51.3 Å². The van der Waals surface area contributed by atoms with Crippen molar-refractivity contribution in [1.29, 1.82) is 0 Å². The van der Waals surface area contributed by atoms with Crippen molar-refractivity contribution in [2.75, 3.05) is 7.11 Å². The van der Waals surface area contributed by atoms with Crippen molar-refractivity contribution in [2.24, 2.45) is 0 Å². The van der Waals surface area contributed by atoms with Gasteiger partial charge in [-0.05, 0) is 12.1 Å². The number of rotatable bonds is 4. The molecule has 0 bridgehead atoms. The summed E-state index contributed by atoms with van der Waals surface area (Å²) in [5.74, 6) is -6.09. The average molecular weight is 319 g/mol. The summed E-state index contributed by atoms with van der Waals surface area (Å²) in [4.78, 5) is 49.6. The van der Waals surface area contributed by atoms with Gasteiger partial charge in [-0.2, -0.15) is 0 Å². The average Bonchev–Trinajstić information content (AvgIpc) is 2.50. The number of hydrogen-bond acceptors (Lipinski definition) is 6. The second-order valence-corrected chi connectivity index (χ2v) is 4.32. The Morgan fingerprint density at radius 1 is 0.957 bits per heavy atom. The quantitative estimate of drug-likeness (QED) is 0.704. The Bertz CT molecular complexity index is 871. The van der Waals surface area contributed by atoms with Crippen LogP contribution in [0.2, 0.25) is 0 Å². The van der Waals surface area contributed by atoms with Crippen LogP contribution in [0.4, 0.5) is 0 Å². The maximum atomic E-state index is 11.8. The summed E-state index contributed by atoms with van der Waals surface area (Å²) in [5.41, 5.74) is -3.14. The van der Waals surface area contributed by atoms with Gasteiger partial charge in [-0.3, -0.25) is 0 Å². The van der Waals surface area contributed by atoms with Crippen LogP contribution < -0.4 is 0 Å². The largest absolute Gasteiger partial charge is 0.478 e. The number of aromatic nitrogens is 1. The highest BCUT2D eigenvalue weighted by Gasteiger charge is 2.30. The standard InChI is InChI=1S/C14H9NO8/c1-23-14(22)5-3-2-4-6-7(5)8(11(16)17)9(12(18)19)10(15-6)13(20)21/h2-4H,1H3,(H,16,17)(H,18,19)(H,20,21). The third-order valence-electron chi connectivity index (χ3n) is 3.05. The van der Waals surface area contributed by atoms with E-state index in [2.05, 4.69) is 9.72 Å². The Hall–Kier alpha value is -3.49. The SMILES string of the molecule is COC(=O)c1cccc2nc(C(=O)O)c(C(=O)O)c(C(=O)O)c12. The zero-order valence-corrected chi connectivity index (χ0v) is 11.6. The molecule has 0 aliphatic heterocycles. The lowest BCUT2D eigenvalue weighted by molar-refractivity contribution is 0.0601. The van der Waals surface area contributed by atoms with Crippen LogP contribution in [0, 0.1) is 0 Å². The molecule has 2 aromatic rings. The Morgan fingerprint density at radius 2 is 1.57 bits per heavy atom. The maximum Gasteiger partial charge on any atom is 0.355 e. The first-order valence-corrected chi connectivity index (χ1v) is 6.04. The summed E-state index contributed by atoms with van der Waals surface area (Å²) < 4.78 is 4.53. The van der Waals surface area contributed by atoms with Crippen molar-refractivity contribution in [3.63, 3.8) is 0 Å². The number of pyridine rings is 1. The van der Waals surface area contributed by atoms with Crippen molar-refractivity contribution < 1.29 is 39.2 Å². The molecule has 0 unspecified atom stereocenters. The Kier molecular flexibility index (Phi) is 3.95. The fourth-order valence-electron chi connectivity index (χ4n) is 2.17. The zero-order valence-electron chi connectivity index (χ0n) is 11.6. The van der Waals surface area contributed by atoms with Gasteiger partial charge >= 0.3 is 23.9 Å². The number of nitrogens with zero attached hydrogens (tertiary/aromatic N) is 1. The predicted molar refractivity (Wildman–Crippen MR) is 74.0 cm³/mol. The number of methoxy groups -OCH3 is 1. The number of carbonyl (C=O) groups excluding carboxylic acids is 1. The number of fused-ring (bicyclic) bond motifs is 1. The highest BCUT2D eigenvalue weighted by Crippen LogP contribution is 2.28. The van der Waals surface area contributed by atoms with Crippen molar-refractivity contribution >= 4 is 34.8 Å². The molecule has 0 spiro atoms. The minimum atomic E-state index is -1.78. The number of aromatic carboxylic acids is 3. The first kappa shape index (κ1) is 15.9. The van der Waals surface area contributed by atoms with Crippen LogP contribution in [0.15, 0.2) is 18.2 Å². The summed E-state index contributed by atoms with van der Waals surface area (Å²) in [6.07, 6.45) is 0. The lowest BCUT2D eigenvalue weighted by Crippen LogP contribution is -2.18. The van der Waals surface area contributed by atoms with Gasteiger partial charge < -0.3 is 20.1 Å². The third kappa shape index (κ3) is 2.55. The fraction of sp³-hybridized carbons (Fsp3) is 0.0714. The number of ether oxygens (including phenoxy) is 1. The maximum absolute atomic E-state index is 11.8. The van der Waals surface area contributed by atoms with Crippen LogP contribution >= 0.6 is 0 Å². The monoisotopic (exact) mass is 319 g/mol. The molecule has 3 N–H and O–H groups in total. The number of carboxylic acid groups (broad SMARTS) is 3. The van der Waals surface area contributed by atoms with E-state index in [1.165, 1.54) is 18.2 Å². The van der Waals surface area contributed by atoms with Crippen LogP contribution in [-0.2, 0) is 4.74 Å². The van der Waals surface area contributed by atoms with E-state index < -0.39 is 40.7 Å². The highest BCUT2D eigenvalue weighted by atomic mass is 16.5. The summed E-state index contributed by atoms with van der Waals surface area (Å²) in [5, 5.41) is 27.4. The smallest absolute Gasteiger partial charge is 0.355 e. The zero-order chi connectivity index (χ0) is 17.3. The Labute approximate surface area is 127 Å². The molecule has 9 nitrogen and oxygen atoms in total. The number of carboxylic acids is 3. The van der Waals surface area contributed by atoms with Gasteiger partial charge in [0.15, 0.2) is 5.69 Å². The van der Waals surface area contributed by atoms with Crippen molar-refractivity contribution in [3.8, 4) is 0 Å². The van der Waals surface area contributed by atoms with E-state index in [4.69, 9.17) is 5.11 Å². The molecule has 0 radical (unpaired) electrons. The predicted octanol–water partition coefficient (Wildman–Crippen LogP) is 1.12. The molecule has 9 heteroatoms. The van der Waals surface area contributed by atoms with Crippen LogP contribution in [0.1, 0.15) is 41.6 Å². The van der Waals surface area contributed by atoms with Gasteiger partial charge in [0.25, 0.3) is 0 Å². The lowest BCUT2D eigenvalue weighted by Gasteiger charge is -2.12. The Balaban J connectivity index is 3.12. The summed E-state index contributed by atoms with van der Waals surface area (Å²) >= 11 is 0. The van der Waals surface area contributed by atoms with E-state index in [9.17, 15) is 29.4 Å². The second-order valence-electron chi connectivity index (χ2n) is 4.32. The molecule has 2 rings (SSSR count). The normalized spacial score (nSPS) is 10.3. The molecule has 0 aliphatic rings. The molecular weight excluding hydrogens is 310 g/mol. The molecule has 1 aromatic carbocycles. The second kappa shape index (κ2) is 5.72. The molecule has 1 aromatic heterocycles. The van der Waals surface area contributed by atoms with Crippen molar-refractivity contribution in [3.05, 3.63) is 40.6 Å². The van der Waals surface area contributed by atoms with Crippen LogP contribution in [0.3, 0.4) is 0 Å². The van der Waals surface area contributed by atoms with Gasteiger partial charge in [0.05, 0.1) is 23.8 Å². The summed E-state index contributed by atoms with van der Waals surface area (Å²) in [7, 11) is 1.07. The first-order valence-electron chi connectivity index (χ1n) is 6.04. The molecule has 0 aliphatic carbocycles. The van der Waals surface area contributed by atoms with E-state index in [1.54, 1.807) is 0 Å². The van der Waals surface area contributed by atoms with Gasteiger partial charge in [0.2, 0.25) is 0 Å². The van der Waals surface area contributed by atoms with Gasteiger partial charge in [0, 0.05) is 5.39 Å². The molecule has 0 amide bonds. The first-order chi connectivity index (χ1) is 10.8. The van der Waals surface area contributed by atoms with Crippen LogP contribution in [0.5, 0.6) is 0 Å². The minimum absolute atomic E-state index is 0.146. The number of carbonyl (C=O) groups is 4. The summed E-state index contributed by atoms with van der Waals surface area (Å²) in [6.45, 7) is 0. The van der Waals surface area contributed by atoms with Gasteiger partial charge in [-0.15, -0.1) is 0 Å². The van der Waals surface area contributed by atoms with E-state index in [-0.39, 0.29) is 16.5 Å². The molecule has 0 saturated carbocycles. The molecule has 1 heterocycles. The molecule has 0 saturated heterocycles. The number of benzene rings is 1. The molecular formula is C14H9NO8. The van der Waals surface area contributed by atoms with Crippen LogP contribution in [0.25, 0.3) is 10.9 Å². The topological polar surface area (TPSA) is 151 Å². The van der Waals surface area contributed by atoms with Crippen molar-refractivity contribution in [2.45, 2.75) is 0 Å². The molecule has 118 valence electrons. The summed E-state index contributed by atoms with van der Waals surface area (Å²) in [6, 6.07) is 3.85. The van der Waals surface area contributed by atoms with E-state index >= 15 is 0 Å². The Morgan fingerprint density at radius 3 is 2.04 bits per heavy atom.